The first-order valence-corrected chi connectivity index (χ1v) is 8.43. The lowest BCUT2D eigenvalue weighted by Crippen LogP contribution is -2.68. The van der Waals surface area contributed by atoms with Crippen molar-refractivity contribution < 1.29 is 4.79 Å². The van der Waals surface area contributed by atoms with E-state index in [1.165, 1.54) is 5.56 Å². The summed E-state index contributed by atoms with van der Waals surface area (Å²) < 4.78 is 0.148. The van der Waals surface area contributed by atoms with Gasteiger partial charge in [-0.15, -0.1) is 4.59 Å². The van der Waals surface area contributed by atoms with Crippen LogP contribution in [0.15, 0.2) is 78.9 Å². The third-order valence-electron chi connectivity index (χ3n) is 5.36. The number of nitrogens with zero attached hydrogens (tertiary/aromatic N) is 1. The molecule has 0 radical (unpaired) electrons. The van der Waals surface area contributed by atoms with Crippen LogP contribution in [0.1, 0.15) is 23.1 Å². The predicted molar refractivity (Wildman–Crippen MR) is 99.6 cm³/mol. The molecule has 2 bridgehead atoms. The maximum atomic E-state index is 13.1. The number of nitrogen functional groups attached to an aromatic ring is 1. The van der Waals surface area contributed by atoms with Crippen LogP contribution in [-0.4, -0.2) is 5.91 Å². The highest BCUT2D eigenvalue weighted by atomic mass is 16.2. The van der Waals surface area contributed by atoms with Crippen molar-refractivity contribution in [2.24, 2.45) is 0 Å². The molecule has 2 heterocycles. The average Bonchev–Trinajstić information content (AvgIpc) is 3.08. The standard InChI is InChI=1S/C21H18N3O/c22-15-10-12-16(13-11-15)23-24-18-9-5-4-8-17(18)19(21(24)25)20(24)14-6-2-1-3-7-14/h1-13,19-20,23H,22H2/q+1. The fraction of sp³-hybridized carbons (Fsp3) is 0.0952. The number of quaternary nitrogens is 1. The van der Waals surface area contributed by atoms with Gasteiger partial charge in [-0.2, -0.15) is 0 Å². The molecule has 3 unspecified atom stereocenters. The summed E-state index contributed by atoms with van der Waals surface area (Å²) >= 11 is 0. The highest BCUT2D eigenvalue weighted by Gasteiger charge is 2.74. The van der Waals surface area contributed by atoms with Gasteiger partial charge < -0.3 is 5.73 Å². The van der Waals surface area contributed by atoms with Crippen molar-refractivity contribution >= 4 is 23.0 Å². The van der Waals surface area contributed by atoms with E-state index in [1.807, 2.05) is 54.6 Å². The van der Waals surface area contributed by atoms with Crippen LogP contribution in [-0.2, 0) is 4.79 Å². The van der Waals surface area contributed by atoms with Crippen molar-refractivity contribution in [1.82, 2.24) is 4.59 Å². The van der Waals surface area contributed by atoms with E-state index in [9.17, 15) is 4.79 Å². The van der Waals surface area contributed by atoms with Gasteiger partial charge in [-0.3, -0.25) is 0 Å². The third kappa shape index (κ3) is 1.77. The van der Waals surface area contributed by atoms with E-state index in [-0.39, 0.29) is 22.5 Å². The molecule has 2 aliphatic heterocycles. The summed E-state index contributed by atoms with van der Waals surface area (Å²) in [6.07, 6.45) is 0. The van der Waals surface area contributed by atoms with Gasteiger partial charge in [-0.05, 0) is 24.3 Å². The van der Waals surface area contributed by atoms with Gasteiger partial charge >= 0.3 is 5.91 Å². The van der Waals surface area contributed by atoms with Crippen LogP contribution in [0.5, 0.6) is 0 Å². The van der Waals surface area contributed by atoms with Crippen molar-refractivity contribution in [2.45, 2.75) is 12.0 Å². The van der Waals surface area contributed by atoms with Gasteiger partial charge in [0.15, 0.2) is 17.6 Å². The van der Waals surface area contributed by atoms with Crippen LogP contribution in [0, 0.1) is 0 Å². The molecule has 4 nitrogen and oxygen atoms in total. The number of amides is 1. The Morgan fingerprint density at radius 1 is 0.840 bits per heavy atom. The first-order chi connectivity index (χ1) is 12.2. The van der Waals surface area contributed by atoms with Crippen LogP contribution < -0.4 is 15.8 Å². The number of β-lactam (4-membered cyclic amide) rings is 1. The van der Waals surface area contributed by atoms with Crippen LogP contribution in [0.4, 0.5) is 17.1 Å². The van der Waals surface area contributed by atoms with Crippen molar-refractivity contribution in [3.63, 3.8) is 0 Å². The summed E-state index contributed by atoms with van der Waals surface area (Å²) in [5.74, 6) is 0.117. The second-order valence-corrected chi connectivity index (χ2v) is 6.69. The molecule has 3 atom stereocenters. The number of nitrogens with two attached hydrogens (primary N) is 1. The largest absolute Gasteiger partial charge is 0.399 e. The van der Waals surface area contributed by atoms with Gasteiger partial charge in [0.2, 0.25) is 0 Å². The topological polar surface area (TPSA) is 55.1 Å². The zero-order valence-corrected chi connectivity index (χ0v) is 13.6. The molecule has 3 aromatic carbocycles. The van der Waals surface area contributed by atoms with Crippen LogP contribution in [0.2, 0.25) is 0 Å². The zero-order chi connectivity index (χ0) is 17.0. The minimum atomic E-state index is -0.0834. The molecule has 0 aromatic heterocycles. The smallest absolute Gasteiger partial charge is 0.357 e. The van der Waals surface area contributed by atoms with E-state index >= 15 is 0 Å². The molecular formula is C21H18N3O+. The minimum Gasteiger partial charge on any atom is -0.399 e. The summed E-state index contributed by atoms with van der Waals surface area (Å²) in [4.78, 5) is 13.1. The van der Waals surface area contributed by atoms with Crippen molar-refractivity contribution in [1.29, 1.82) is 0 Å². The SMILES string of the molecule is Nc1ccc(N[N+]23C(=O)C(c4ccccc42)C3c2ccccc2)cc1. The molecule has 0 aliphatic carbocycles. The molecule has 5 rings (SSSR count). The quantitative estimate of drug-likeness (QED) is 0.434. The summed E-state index contributed by atoms with van der Waals surface area (Å²) in [5.41, 5.74) is 14.2. The van der Waals surface area contributed by atoms with E-state index in [1.54, 1.807) is 0 Å². The third-order valence-corrected chi connectivity index (χ3v) is 5.36. The number of carbonyl (C=O) groups is 1. The van der Waals surface area contributed by atoms with Gasteiger partial charge in [0, 0.05) is 22.9 Å². The van der Waals surface area contributed by atoms with Crippen molar-refractivity contribution in [3.8, 4) is 0 Å². The second kappa shape index (κ2) is 4.94. The number of para-hydroxylation sites is 1. The molecule has 0 saturated carbocycles. The Balaban J connectivity index is 1.67. The first-order valence-electron chi connectivity index (χ1n) is 8.43. The van der Waals surface area contributed by atoms with Gasteiger partial charge in [-0.1, -0.05) is 48.5 Å². The molecular weight excluding hydrogens is 310 g/mol. The van der Waals surface area contributed by atoms with Crippen LogP contribution in [0.3, 0.4) is 0 Å². The number of fused-ring (bicyclic) bond motifs is 5. The molecule has 1 fully saturated rings. The lowest BCUT2D eigenvalue weighted by atomic mass is 9.83. The monoisotopic (exact) mass is 328 g/mol. The Hall–Kier alpha value is -3.11. The molecule has 0 spiro atoms. The number of rotatable bonds is 3. The molecule has 2 aliphatic rings. The molecule has 1 saturated heterocycles. The van der Waals surface area contributed by atoms with Gasteiger partial charge in [-0.25, -0.2) is 10.2 Å². The molecule has 3 aromatic rings. The van der Waals surface area contributed by atoms with E-state index in [2.05, 4.69) is 29.7 Å². The Morgan fingerprint density at radius 2 is 1.52 bits per heavy atom. The van der Waals surface area contributed by atoms with Gasteiger partial charge in [0.25, 0.3) is 0 Å². The average molecular weight is 328 g/mol. The number of hydrogen-bond acceptors (Lipinski definition) is 3. The van der Waals surface area contributed by atoms with E-state index in [0.29, 0.717) is 5.69 Å². The first kappa shape index (κ1) is 14.3. The Kier molecular flexibility index (Phi) is 2.82. The summed E-state index contributed by atoms with van der Waals surface area (Å²) in [7, 11) is 0. The normalized spacial score (nSPS) is 26.0. The maximum absolute atomic E-state index is 13.1. The number of nitrogens with one attached hydrogen (secondary N) is 1. The number of anilines is 2. The molecule has 25 heavy (non-hydrogen) atoms. The fourth-order valence-corrected chi connectivity index (χ4v) is 4.29. The van der Waals surface area contributed by atoms with Crippen molar-refractivity contribution in [3.05, 3.63) is 90.0 Å². The van der Waals surface area contributed by atoms with Gasteiger partial charge in [0.1, 0.15) is 0 Å². The Labute approximate surface area is 146 Å². The lowest BCUT2D eigenvalue weighted by molar-refractivity contribution is -0.143. The van der Waals surface area contributed by atoms with Crippen LogP contribution in [0.25, 0.3) is 0 Å². The number of hydrogen-bond donors (Lipinski definition) is 2. The summed E-state index contributed by atoms with van der Waals surface area (Å²) in [6, 6.07) is 26.0. The molecule has 1 amide bonds. The van der Waals surface area contributed by atoms with E-state index < -0.39 is 0 Å². The number of carbonyl (C=O) groups excluding carboxylic acids is 1. The highest BCUT2D eigenvalue weighted by molar-refractivity contribution is 6.09. The van der Waals surface area contributed by atoms with Gasteiger partial charge in [0.05, 0.1) is 5.69 Å². The van der Waals surface area contributed by atoms with Crippen LogP contribution >= 0.6 is 0 Å². The molecule has 4 heteroatoms. The van der Waals surface area contributed by atoms with E-state index in [0.717, 1.165) is 16.9 Å². The maximum Gasteiger partial charge on any atom is 0.357 e. The Morgan fingerprint density at radius 3 is 2.28 bits per heavy atom. The summed E-state index contributed by atoms with van der Waals surface area (Å²) in [6.45, 7) is 0. The lowest BCUT2D eigenvalue weighted by Gasteiger charge is -2.45. The van der Waals surface area contributed by atoms with Crippen molar-refractivity contribution in [2.75, 3.05) is 11.2 Å². The zero-order valence-electron chi connectivity index (χ0n) is 13.6. The minimum absolute atomic E-state index is 0.0589. The highest BCUT2D eigenvalue weighted by Crippen LogP contribution is 2.63. The summed E-state index contributed by atoms with van der Waals surface area (Å²) in [5, 5.41) is 0. The molecule has 3 N–H and O–H groups in total. The molecule has 122 valence electrons. The fourth-order valence-electron chi connectivity index (χ4n) is 4.29. The Bertz CT molecular complexity index is 968. The number of benzene rings is 3. The predicted octanol–water partition coefficient (Wildman–Crippen LogP) is 3.98. The second-order valence-electron chi connectivity index (χ2n) is 6.69. The van der Waals surface area contributed by atoms with E-state index in [4.69, 9.17) is 5.73 Å².